The Morgan fingerprint density at radius 3 is 3.00 bits per heavy atom. The van der Waals surface area contributed by atoms with Gasteiger partial charge >= 0.3 is 0 Å². The van der Waals surface area contributed by atoms with Crippen LogP contribution in [0.15, 0.2) is 5.51 Å². The van der Waals surface area contributed by atoms with Gasteiger partial charge in [-0.1, -0.05) is 0 Å². The monoisotopic (exact) mass is 214 g/mol. The van der Waals surface area contributed by atoms with Crippen LogP contribution in [0.4, 0.5) is 0 Å². The third kappa shape index (κ3) is 4.17. The van der Waals surface area contributed by atoms with Crippen molar-refractivity contribution in [3.05, 3.63) is 16.1 Å². The van der Waals surface area contributed by atoms with E-state index in [0.717, 1.165) is 31.6 Å². The van der Waals surface area contributed by atoms with E-state index in [2.05, 4.69) is 10.3 Å². The molecule has 0 saturated heterocycles. The van der Waals surface area contributed by atoms with E-state index >= 15 is 0 Å². The second kappa shape index (κ2) is 6.11. The minimum absolute atomic E-state index is 0.179. The Morgan fingerprint density at radius 1 is 1.64 bits per heavy atom. The molecule has 3 nitrogen and oxygen atoms in total. The zero-order chi connectivity index (χ0) is 10.4. The lowest BCUT2D eigenvalue weighted by atomic mass is 10.2. The number of aryl methyl sites for hydroxylation is 1. The lowest BCUT2D eigenvalue weighted by molar-refractivity contribution is 0.181. The highest BCUT2D eigenvalue weighted by molar-refractivity contribution is 7.09. The van der Waals surface area contributed by atoms with E-state index in [9.17, 15) is 0 Å². The van der Waals surface area contributed by atoms with Crippen LogP contribution >= 0.6 is 11.3 Å². The molecule has 1 rings (SSSR count). The van der Waals surface area contributed by atoms with Crippen LogP contribution in [0.2, 0.25) is 0 Å². The van der Waals surface area contributed by atoms with Crippen molar-refractivity contribution < 1.29 is 5.11 Å². The number of thiazole rings is 1. The van der Waals surface area contributed by atoms with E-state index in [-0.39, 0.29) is 6.10 Å². The molecule has 1 aromatic rings. The van der Waals surface area contributed by atoms with Crippen molar-refractivity contribution >= 4 is 11.3 Å². The number of hydrogen-bond donors (Lipinski definition) is 2. The summed E-state index contributed by atoms with van der Waals surface area (Å²) >= 11 is 1.69. The molecule has 1 unspecified atom stereocenters. The van der Waals surface area contributed by atoms with E-state index in [1.807, 2.05) is 19.4 Å². The third-order valence-corrected chi connectivity index (χ3v) is 3.04. The largest absolute Gasteiger partial charge is 0.393 e. The number of aromatic nitrogens is 1. The van der Waals surface area contributed by atoms with Crippen molar-refractivity contribution in [2.45, 2.75) is 39.3 Å². The van der Waals surface area contributed by atoms with Crippen LogP contribution in [-0.4, -0.2) is 22.7 Å². The quantitative estimate of drug-likeness (QED) is 0.709. The number of rotatable bonds is 6. The standard InChI is InChI=1S/C10H18N2OS/c1-8(13)4-3-5-11-6-10-9(2)12-7-14-10/h7-8,11,13H,3-6H2,1-2H3. The van der Waals surface area contributed by atoms with Gasteiger partial charge in [-0.05, 0) is 33.2 Å². The van der Waals surface area contributed by atoms with Crippen LogP contribution in [0, 0.1) is 6.92 Å². The summed E-state index contributed by atoms with van der Waals surface area (Å²) in [6.07, 6.45) is 1.71. The first-order valence-electron chi connectivity index (χ1n) is 4.98. The molecule has 0 bridgehead atoms. The minimum Gasteiger partial charge on any atom is -0.393 e. The molecule has 0 fully saturated rings. The fourth-order valence-corrected chi connectivity index (χ4v) is 1.97. The fourth-order valence-electron chi connectivity index (χ4n) is 1.22. The fraction of sp³-hybridized carbons (Fsp3) is 0.700. The molecule has 1 atom stereocenters. The van der Waals surface area contributed by atoms with Gasteiger partial charge in [0.1, 0.15) is 0 Å². The zero-order valence-corrected chi connectivity index (χ0v) is 9.60. The molecule has 80 valence electrons. The average molecular weight is 214 g/mol. The summed E-state index contributed by atoms with van der Waals surface area (Å²) in [6.45, 7) is 5.72. The van der Waals surface area contributed by atoms with Crippen molar-refractivity contribution in [2.24, 2.45) is 0 Å². The van der Waals surface area contributed by atoms with Crippen LogP contribution in [-0.2, 0) is 6.54 Å². The van der Waals surface area contributed by atoms with Gasteiger partial charge in [0.15, 0.2) is 0 Å². The molecule has 0 aliphatic rings. The van der Waals surface area contributed by atoms with Gasteiger partial charge in [0.2, 0.25) is 0 Å². The Hall–Kier alpha value is -0.450. The normalized spacial score (nSPS) is 13.1. The summed E-state index contributed by atoms with van der Waals surface area (Å²) in [6, 6.07) is 0. The van der Waals surface area contributed by atoms with Crippen LogP contribution in [0.5, 0.6) is 0 Å². The second-order valence-electron chi connectivity index (χ2n) is 3.53. The van der Waals surface area contributed by atoms with Gasteiger partial charge in [0, 0.05) is 11.4 Å². The topological polar surface area (TPSA) is 45.2 Å². The number of aliphatic hydroxyl groups excluding tert-OH is 1. The summed E-state index contributed by atoms with van der Waals surface area (Å²) in [7, 11) is 0. The Kier molecular flexibility index (Phi) is 5.07. The number of aliphatic hydroxyl groups is 1. The molecule has 0 radical (unpaired) electrons. The van der Waals surface area contributed by atoms with Crippen LogP contribution in [0.25, 0.3) is 0 Å². The molecule has 0 amide bonds. The average Bonchev–Trinajstić information content (AvgIpc) is 2.51. The maximum absolute atomic E-state index is 9.04. The molecular formula is C10H18N2OS. The number of hydrogen-bond acceptors (Lipinski definition) is 4. The number of nitrogens with one attached hydrogen (secondary N) is 1. The summed E-state index contributed by atoms with van der Waals surface area (Å²) in [4.78, 5) is 5.49. The van der Waals surface area contributed by atoms with E-state index < -0.39 is 0 Å². The Bertz CT molecular complexity index is 260. The molecule has 0 spiro atoms. The molecule has 1 heterocycles. The highest BCUT2D eigenvalue weighted by atomic mass is 32.1. The highest BCUT2D eigenvalue weighted by Gasteiger charge is 2.00. The molecule has 0 aliphatic carbocycles. The predicted molar refractivity (Wildman–Crippen MR) is 59.5 cm³/mol. The van der Waals surface area contributed by atoms with Gasteiger partial charge in [-0.15, -0.1) is 11.3 Å². The summed E-state index contributed by atoms with van der Waals surface area (Å²) in [5.41, 5.74) is 3.00. The van der Waals surface area contributed by atoms with Crippen molar-refractivity contribution in [3.8, 4) is 0 Å². The molecule has 2 N–H and O–H groups in total. The summed E-state index contributed by atoms with van der Waals surface area (Å²) in [5, 5.41) is 12.4. The first-order chi connectivity index (χ1) is 6.70. The molecule has 0 aliphatic heterocycles. The summed E-state index contributed by atoms with van der Waals surface area (Å²) in [5.74, 6) is 0. The lowest BCUT2D eigenvalue weighted by Crippen LogP contribution is -2.16. The van der Waals surface area contributed by atoms with E-state index in [4.69, 9.17) is 5.11 Å². The SMILES string of the molecule is Cc1ncsc1CNCCCC(C)O. The Morgan fingerprint density at radius 2 is 2.43 bits per heavy atom. The minimum atomic E-state index is -0.179. The van der Waals surface area contributed by atoms with Crippen molar-refractivity contribution in [1.82, 2.24) is 10.3 Å². The maximum Gasteiger partial charge on any atom is 0.0798 e. The highest BCUT2D eigenvalue weighted by Crippen LogP contribution is 2.11. The van der Waals surface area contributed by atoms with Gasteiger partial charge in [-0.2, -0.15) is 0 Å². The molecule has 0 aromatic carbocycles. The van der Waals surface area contributed by atoms with Gasteiger partial charge in [-0.3, -0.25) is 0 Å². The Labute approximate surface area is 89.2 Å². The van der Waals surface area contributed by atoms with Crippen molar-refractivity contribution in [1.29, 1.82) is 0 Å². The number of nitrogens with zero attached hydrogens (tertiary/aromatic N) is 1. The molecule has 4 heteroatoms. The van der Waals surface area contributed by atoms with Gasteiger partial charge in [-0.25, -0.2) is 4.98 Å². The first kappa shape index (κ1) is 11.6. The smallest absolute Gasteiger partial charge is 0.0798 e. The summed E-state index contributed by atoms with van der Waals surface area (Å²) < 4.78 is 0. The second-order valence-corrected chi connectivity index (χ2v) is 4.47. The molecule has 0 saturated carbocycles. The van der Waals surface area contributed by atoms with Crippen molar-refractivity contribution in [2.75, 3.05) is 6.54 Å². The van der Waals surface area contributed by atoms with Gasteiger partial charge in [0.05, 0.1) is 17.3 Å². The van der Waals surface area contributed by atoms with Crippen LogP contribution in [0.1, 0.15) is 30.3 Å². The first-order valence-corrected chi connectivity index (χ1v) is 5.86. The predicted octanol–water partition coefficient (Wildman–Crippen LogP) is 1.70. The van der Waals surface area contributed by atoms with Crippen LogP contribution < -0.4 is 5.32 Å². The van der Waals surface area contributed by atoms with E-state index in [0.29, 0.717) is 0 Å². The molecule has 1 aromatic heterocycles. The van der Waals surface area contributed by atoms with Gasteiger partial charge < -0.3 is 10.4 Å². The van der Waals surface area contributed by atoms with Gasteiger partial charge in [0.25, 0.3) is 0 Å². The van der Waals surface area contributed by atoms with E-state index in [1.165, 1.54) is 4.88 Å². The van der Waals surface area contributed by atoms with E-state index in [1.54, 1.807) is 11.3 Å². The third-order valence-electron chi connectivity index (χ3n) is 2.11. The lowest BCUT2D eigenvalue weighted by Gasteiger charge is -2.05. The molecular weight excluding hydrogens is 196 g/mol. The van der Waals surface area contributed by atoms with Crippen LogP contribution in [0.3, 0.4) is 0 Å². The molecule has 14 heavy (non-hydrogen) atoms. The zero-order valence-electron chi connectivity index (χ0n) is 8.79. The Balaban J connectivity index is 2.08. The maximum atomic E-state index is 9.04. The van der Waals surface area contributed by atoms with Crippen molar-refractivity contribution in [3.63, 3.8) is 0 Å².